The SMILES string of the molecule is O=C(c1ccncc1)N1CCC(C(=O)O)(n2ccc(-c3ccco3)n2)CC1. The monoisotopic (exact) mass is 366 g/mol. The first-order valence-electron chi connectivity index (χ1n) is 8.63. The van der Waals surface area contributed by atoms with E-state index in [-0.39, 0.29) is 18.7 Å². The highest BCUT2D eigenvalue weighted by Crippen LogP contribution is 2.32. The van der Waals surface area contributed by atoms with Gasteiger partial charge in [-0.3, -0.25) is 14.5 Å². The maximum atomic E-state index is 12.6. The summed E-state index contributed by atoms with van der Waals surface area (Å²) in [6.07, 6.45) is 6.89. The standard InChI is InChI=1S/C19H18N4O4/c24-17(14-3-8-20-9-4-14)22-11-6-19(7-12-22,18(25)26)23-10-5-15(21-23)16-2-1-13-27-16/h1-5,8-10,13H,6-7,11-12H2,(H,25,26). The minimum atomic E-state index is -1.18. The number of pyridine rings is 1. The van der Waals surface area contributed by atoms with Crippen LogP contribution in [0.1, 0.15) is 23.2 Å². The molecule has 0 spiro atoms. The van der Waals surface area contributed by atoms with E-state index < -0.39 is 11.5 Å². The van der Waals surface area contributed by atoms with Gasteiger partial charge in [-0.25, -0.2) is 4.79 Å². The summed E-state index contributed by atoms with van der Waals surface area (Å²) >= 11 is 0. The molecule has 1 aliphatic heterocycles. The fraction of sp³-hybridized carbons (Fsp3) is 0.263. The van der Waals surface area contributed by atoms with E-state index in [2.05, 4.69) is 10.1 Å². The van der Waals surface area contributed by atoms with Crippen LogP contribution in [0.2, 0.25) is 0 Å². The summed E-state index contributed by atoms with van der Waals surface area (Å²) in [7, 11) is 0. The molecule has 8 heteroatoms. The predicted molar refractivity (Wildman–Crippen MR) is 94.9 cm³/mol. The molecular formula is C19H18N4O4. The third-order valence-electron chi connectivity index (χ3n) is 5.00. The van der Waals surface area contributed by atoms with Gasteiger partial charge < -0.3 is 14.4 Å². The molecule has 0 radical (unpaired) electrons. The summed E-state index contributed by atoms with van der Waals surface area (Å²) in [6, 6.07) is 8.58. The normalized spacial score (nSPS) is 16.2. The van der Waals surface area contributed by atoms with Gasteiger partial charge in [-0.05, 0) is 30.3 Å². The van der Waals surface area contributed by atoms with Crippen molar-refractivity contribution in [2.45, 2.75) is 18.4 Å². The number of likely N-dealkylation sites (tertiary alicyclic amines) is 1. The molecule has 0 bridgehead atoms. The average molecular weight is 366 g/mol. The van der Waals surface area contributed by atoms with Crippen LogP contribution in [0.15, 0.2) is 59.6 Å². The van der Waals surface area contributed by atoms with E-state index in [0.29, 0.717) is 30.1 Å². The van der Waals surface area contributed by atoms with Gasteiger partial charge in [0.15, 0.2) is 11.3 Å². The third-order valence-corrected chi connectivity index (χ3v) is 5.00. The number of hydrogen-bond acceptors (Lipinski definition) is 5. The second-order valence-corrected chi connectivity index (χ2v) is 6.49. The van der Waals surface area contributed by atoms with Crippen LogP contribution >= 0.6 is 0 Å². The molecule has 1 amide bonds. The van der Waals surface area contributed by atoms with E-state index in [1.54, 1.807) is 60.1 Å². The van der Waals surface area contributed by atoms with Gasteiger partial charge in [0, 0.05) is 50.1 Å². The Kier molecular flexibility index (Phi) is 4.23. The van der Waals surface area contributed by atoms with Gasteiger partial charge in [0.05, 0.1) is 6.26 Å². The number of carbonyl (C=O) groups is 2. The van der Waals surface area contributed by atoms with Gasteiger partial charge >= 0.3 is 5.97 Å². The third kappa shape index (κ3) is 2.99. The Morgan fingerprint density at radius 2 is 1.85 bits per heavy atom. The Morgan fingerprint density at radius 3 is 2.48 bits per heavy atom. The smallest absolute Gasteiger partial charge is 0.331 e. The van der Waals surface area contributed by atoms with Gasteiger partial charge in [0.25, 0.3) is 5.91 Å². The highest BCUT2D eigenvalue weighted by Gasteiger charge is 2.45. The highest BCUT2D eigenvalue weighted by molar-refractivity contribution is 5.94. The predicted octanol–water partition coefficient (Wildman–Crippen LogP) is 2.25. The van der Waals surface area contributed by atoms with Crippen LogP contribution in [-0.4, -0.2) is 49.7 Å². The van der Waals surface area contributed by atoms with Crippen LogP contribution in [0.4, 0.5) is 0 Å². The molecule has 1 fully saturated rings. The first-order valence-corrected chi connectivity index (χ1v) is 8.63. The van der Waals surface area contributed by atoms with Gasteiger partial charge in [-0.2, -0.15) is 5.10 Å². The molecule has 1 saturated heterocycles. The Hall–Kier alpha value is -3.42. The van der Waals surface area contributed by atoms with E-state index in [0.717, 1.165) is 0 Å². The summed E-state index contributed by atoms with van der Waals surface area (Å²) in [6.45, 7) is 0.673. The number of aliphatic carboxylic acids is 1. The van der Waals surface area contributed by atoms with E-state index in [4.69, 9.17) is 4.42 Å². The lowest BCUT2D eigenvalue weighted by Gasteiger charge is -2.39. The Morgan fingerprint density at radius 1 is 1.11 bits per heavy atom. The summed E-state index contributed by atoms with van der Waals surface area (Å²) < 4.78 is 6.82. The maximum absolute atomic E-state index is 12.6. The van der Waals surface area contributed by atoms with Gasteiger partial charge in [0.1, 0.15) is 5.69 Å². The summed E-state index contributed by atoms with van der Waals surface area (Å²) in [4.78, 5) is 30.3. The zero-order valence-corrected chi connectivity index (χ0v) is 14.5. The van der Waals surface area contributed by atoms with Crippen molar-refractivity contribution in [2.24, 2.45) is 0 Å². The molecule has 1 aliphatic rings. The summed E-state index contributed by atoms with van der Waals surface area (Å²) in [5.41, 5.74) is -0.0530. The zero-order valence-electron chi connectivity index (χ0n) is 14.5. The molecule has 1 N–H and O–H groups in total. The second kappa shape index (κ2) is 6.71. The van der Waals surface area contributed by atoms with E-state index in [1.807, 2.05) is 0 Å². The lowest BCUT2D eigenvalue weighted by molar-refractivity contribution is -0.150. The molecule has 0 aliphatic carbocycles. The van der Waals surface area contributed by atoms with Gasteiger partial charge in [-0.1, -0.05) is 0 Å². The van der Waals surface area contributed by atoms with Gasteiger partial charge in [-0.15, -0.1) is 0 Å². The molecule has 0 saturated carbocycles. The highest BCUT2D eigenvalue weighted by atomic mass is 16.4. The minimum absolute atomic E-state index is 0.117. The molecule has 0 atom stereocenters. The maximum Gasteiger partial charge on any atom is 0.331 e. The summed E-state index contributed by atoms with van der Waals surface area (Å²) in [5, 5.41) is 14.4. The largest absolute Gasteiger partial charge is 0.479 e. The fourth-order valence-electron chi connectivity index (χ4n) is 3.42. The number of aromatic nitrogens is 3. The van der Waals surface area contributed by atoms with Crippen molar-refractivity contribution in [3.63, 3.8) is 0 Å². The topological polar surface area (TPSA) is 101 Å². The number of carbonyl (C=O) groups excluding carboxylic acids is 1. The lowest BCUT2D eigenvalue weighted by atomic mass is 9.87. The van der Waals surface area contributed by atoms with Crippen molar-refractivity contribution >= 4 is 11.9 Å². The Labute approximate surface area is 155 Å². The van der Waals surface area contributed by atoms with Crippen LogP contribution in [0.5, 0.6) is 0 Å². The number of amides is 1. The summed E-state index contributed by atoms with van der Waals surface area (Å²) in [5.74, 6) is -0.486. The number of furan rings is 1. The molecule has 0 aromatic carbocycles. The molecule has 0 unspecified atom stereocenters. The lowest BCUT2D eigenvalue weighted by Crippen LogP contribution is -2.52. The van der Waals surface area contributed by atoms with Crippen LogP contribution in [-0.2, 0) is 10.3 Å². The van der Waals surface area contributed by atoms with Crippen molar-refractivity contribution in [3.05, 3.63) is 60.7 Å². The number of hydrogen-bond donors (Lipinski definition) is 1. The van der Waals surface area contributed by atoms with E-state index >= 15 is 0 Å². The molecule has 27 heavy (non-hydrogen) atoms. The minimum Gasteiger partial charge on any atom is -0.479 e. The van der Waals surface area contributed by atoms with E-state index in [1.165, 1.54) is 4.68 Å². The molecule has 3 aromatic heterocycles. The zero-order chi connectivity index (χ0) is 18.9. The number of rotatable bonds is 4. The fourth-order valence-corrected chi connectivity index (χ4v) is 3.42. The van der Waals surface area contributed by atoms with Crippen LogP contribution in [0.25, 0.3) is 11.5 Å². The van der Waals surface area contributed by atoms with E-state index in [9.17, 15) is 14.7 Å². The molecule has 138 valence electrons. The van der Waals surface area contributed by atoms with Crippen molar-refractivity contribution < 1.29 is 19.1 Å². The van der Waals surface area contributed by atoms with Crippen molar-refractivity contribution in [2.75, 3.05) is 13.1 Å². The quantitative estimate of drug-likeness (QED) is 0.760. The number of piperidine rings is 1. The number of carboxylic acid groups (broad SMARTS) is 1. The number of carboxylic acids is 1. The molecule has 8 nitrogen and oxygen atoms in total. The molecular weight excluding hydrogens is 348 g/mol. The van der Waals surface area contributed by atoms with Crippen molar-refractivity contribution in [1.82, 2.24) is 19.7 Å². The Balaban J connectivity index is 1.55. The van der Waals surface area contributed by atoms with Gasteiger partial charge in [0.2, 0.25) is 0 Å². The van der Waals surface area contributed by atoms with Crippen LogP contribution < -0.4 is 0 Å². The molecule has 4 heterocycles. The van der Waals surface area contributed by atoms with Crippen molar-refractivity contribution in [1.29, 1.82) is 0 Å². The second-order valence-electron chi connectivity index (χ2n) is 6.49. The van der Waals surface area contributed by atoms with Crippen LogP contribution in [0.3, 0.4) is 0 Å². The first kappa shape index (κ1) is 17.0. The average Bonchev–Trinajstić information content (AvgIpc) is 3.40. The molecule has 3 aromatic rings. The first-order chi connectivity index (χ1) is 13.1. The van der Waals surface area contributed by atoms with Crippen molar-refractivity contribution in [3.8, 4) is 11.5 Å². The van der Waals surface area contributed by atoms with Crippen LogP contribution in [0, 0.1) is 0 Å². The Bertz CT molecular complexity index is 941. The number of nitrogens with zero attached hydrogens (tertiary/aromatic N) is 4. The molecule has 4 rings (SSSR count).